The summed E-state index contributed by atoms with van der Waals surface area (Å²) in [4.78, 5) is 38.8. The van der Waals surface area contributed by atoms with Crippen molar-refractivity contribution in [3.8, 4) is 0 Å². The van der Waals surface area contributed by atoms with Gasteiger partial charge >= 0.3 is 6.03 Å². The Morgan fingerprint density at radius 1 is 1.13 bits per heavy atom. The maximum Gasteiger partial charge on any atom is 0.325 e. The summed E-state index contributed by atoms with van der Waals surface area (Å²) < 4.78 is 10.8. The molecule has 2 saturated heterocycles. The van der Waals surface area contributed by atoms with E-state index in [0.717, 1.165) is 23.3 Å². The van der Waals surface area contributed by atoms with Crippen molar-refractivity contribution in [2.75, 3.05) is 26.3 Å². The number of hydrogen-bond donors (Lipinski definition) is 2. The van der Waals surface area contributed by atoms with E-state index in [-0.39, 0.29) is 17.9 Å². The third-order valence-corrected chi connectivity index (χ3v) is 6.05. The van der Waals surface area contributed by atoms with E-state index in [0.29, 0.717) is 25.5 Å². The third-order valence-electron chi connectivity index (χ3n) is 6.05. The van der Waals surface area contributed by atoms with Gasteiger partial charge in [0.2, 0.25) is 5.91 Å². The minimum absolute atomic E-state index is 0.227. The first-order valence-electron chi connectivity index (χ1n) is 10.0. The molecule has 2 N–H and O–H groups in total. The lowest BCUT2D eigenvalue weighted by molar-refractivity contribution is -0.135. The van der Waals surface area contributed by atoms with Gasteiger partial charge in [0.25, 0.3) is 5.91 Å². The zero-order valence-corrected chi connectivity index (χ0v) is 16.8. The number of ether oxygens (including phenoxy) is 1. The summed E-state index contributed by atoms with van der Waals surface area (Å²) in [6.45, 7) is 2.88. The van der Waals surface area contributed by atoms with Crippen molar-refractivity contribution in [1.29, 1.82) is 0 Å². The number of carbonyl (C=O) groups is 3. The second-order valence-corrected chi connectivity index (χ2v) is 7.96. The van der Waals surface area contributed by atoms with Crippen LogP contribution in [0.15, 0.2) is 53.1 Å². The number of benzene rings is 1. The maximum atomic E-state index is 12.8. The van der Waals surface area contributed by atoms with Crippen molar-refractivity contribution in [2.24, 2.45) is 0 Å². The van der Waals surface area contributed by atoms with Crippen LogP contribution in [0.25, 0.3) is 0 Å². The van der Waals surface area contributed by atoms with E-state index >= 15 is 0 Å². The highest BCUT2D eigenvalue weighted by molar-refractivity contribution is 6.08. The van der Waals surface area contributed by atoms with Gasteiger partial charge in [-0.2, -0.15) is 0 Å². The van der Waals surface area contributed by atoms with Crippen LogP contribution >= 0.6 is 0 Å². The highest BCUT2D eigenvalue weighted by Gasteiger charge is 2.51. The molecular formula is C22H25N3O5. The summed E-state index contributed by atoms with van der Waals surface area (Å²) in [6, 6.07) is 12.7. The molecule has 1 aromatic carbocycles. The van der Waals surface area contributed by atoms with Gasteiger partial charge in [-0.25, -0.2) is 4.79 Å². The number of carbonyl (C=O) groups excluding carboxylic acids is 3. The predicted octanol–water partition coefficient (Wildman–Crippen LogP) is 1.91. The van der Waals surface area contributed by atoms with Crippen LogP contribution in [-0.4, -0.2) is 49.0 Å². The minimum atomic E-state index is -1.31. The van der Waals surface area contributed by atoms with Crippen LogP contribution in [0.1, 0.15) is 31.1 Å². The van der Waals surface area contributed by atoms with Crippen LogP contribution in [0.4, 0.5) is 4.79 Å². The summed E-state index contributed by atoms with van der Waals surface area (Å²) in [5, 5.41) is 5.55. The average molecular weight is 411 g/mol. The molecule has 158 valence electrons. The Morgan fingerprint density at radius 2 is 1.87 bits per heavy atom. The first-order valence-corrected chi connectivity index (χ1v) is 10.0. The van der Waals surface area contributed by atoms with Gasteiger partial charge in [-0.15, -0.1) is 0 Å². The van der Waals surface area contributed by atoms with Crippen LogP contribution in [0.3, 0.4) is 0 Å². The summed E-state index contributed by atoms with van der Waals surface area (Å²) in [5.74, 6) is -0.570. The molecule has 2 aliphatic rings. The second kappa shape index (κ2) is 7.95. The van der Waals surface area contributed by atoms with E-state index in [2.05, 4.69) is 22.8 Å². The highest BCUT2D eigenvalue weighted by atomic mass is 16.5. The molecule has 4 rings (SSSR count). The van der Waals surface area contributed by atoms with E-state index in [9.17, 15) is 14.4 Å². The molecule has 2 aliphatic heterocycles. The fourth-order valence-corrected chi connectivity index (χ4v) is 4.16. The number of hydrogen-bond acceptors (Lipinski definition) is 5. The lowest BCUT2D eigenvalue weighted by Crippen LogP contribution is -2.48. The van der Waals surface area contributed by atoms with Gasteiger partial charge in [-0.3, -0.25) is 14.5 Å². The summed E-state index contributed by atoms with van der Waals surface area (Å²) >= 11 is 0. The lowest BCUT2D eigenvalue weighted by Gasteiger charge is -2.38. The maximum absolute atomic E-state index is 12.8. The SMILES string of the molecule is CC1(c2ccco2)NC(=O)N(CC(=O)NCC2(c3ccccc3)CCOCC2)C1=O. The molecule has 2 fully saturated rings. The normalized spacial score (nSPS) is 23.3. The highest BCUT2D eigenvalue weighted by Crippen LogP contribution is 2.34. The Kier molecular flexibility index (Phi) is 5.34. The topological polar surface area (TPSA) is 101 Å². The van der Waals surface area contributed by atoms with Gasteiger partial charge in [0.05, 0.1) is 6.26 Å². The molecule has 8 heteroatoms. The van der Waals surface area contributed by atoms with Crippen molar-refractivity contribution in [3.63, 3.8) is 0 Å². The Balaban J connectivity index is 1.43. The monoisotopic (exact) mass is 411 g/mol. The van der Waals surface area contributed by atoms with Gasteiger partial charge < -0.3 is 19.8 Å². The minimum Gasteiger partial charge on any atom is -0.466 e. The quantitative estimate of drug-likeness (QED) is 0.708. The van der Waals surface area contributed by atoms with Crippen LogP contribution in [0.5, 0.6) is 0 Å². The lowest BCUT2D eigenvalue weighted by atomic mass is 9.74. The molecule has 8 nitrogen and oxygen atoms in total. The number of amides is 4. The summed E-state index contributed by atoms with van der Waals surface area (Å²) in [7, 11) is 0. The van der Waals surface area contributed by atoms with E-state index in [4.69, 9.17) is 9.15 Å². The number of furan rings is 1. The summed E-state index contributed by atoms with van der Waals surface area (Å²) in [5.41, 5.74) is -0.393. The molecule has 0 saturated carbocycles. The molecule has 0 spiro atoms. The van der Waals surface area contributed by atoms with Crippen molar-refractivity contribution < 1.29 is 23.5 Å². The van der Waals surface area contributed by atoms with E-state index in [1.807, 2.05) is 18.2 Å². The first kappa shape index (κ1) is 20.2. The smallest absolute Gasteiger partial charge is 0.325 e. The van der Waals surface area contributed by atoms with Crippen molar-refractivity contribution in [3.05, 3.63) is 60.1 Å². The Labute approximate surface area is 174 Å². The second-order valence-electron chi connectivity index (χ2n) is 7.96. The van der Waals surface area contributed by atoms with Gasteiger partial charge in [-0.05, 0) is 37.5 Å². The van der Waals surface area contributed by atoms with Gasteiger partial charge in [0.1, 0.15) is 12.3 Å². The molecule has 0 aliphatic carbocycles. The van der Waals surface area contributed by atoms with E-state index in [1.165, 1.54) is 6.26 Å². The fraction of sp³-hybridized carbons (Fsp3) is 0.409. The number of nitrogens with zero attached hydrogens (tertiary/aromatic N) is 1. The Hall–Kier alpha value is -3.13. The molecule has 3 heterocycles. The standard InChI is InChI=1S/C22H25N3O5/c1-21(17-8-5-11-30-17)19(27)25(20(28)24-21)14-18(26)23-15-22(9-12-29-13-10-22)16-6-3-2-4-7-16/h2-8,11H,9-10,12-15H2,1H3,(H,23,26)(H,24,28). The Bertz CT molecular complexity index is 922. The molecule has 2 aromatic rings. The predicted molar refractivity (Wildman–Crippen MR) is 107 cm³/mol. The van der Waals surface area contributed by atoms with E-state index < -0.39 is 17.5 Å². The zero-order chi connectivity index (χ0) is 21.2. The molecule has 0 bridgehead atoms. The van der Waals surface area contributed by atoms with Crippen molar-refractivity contribution in [1.82, 2.24) is 15.5 Å². The van der Waals surface area contributed by atoms with Gasteiger partial charge in [0, 0.05) is 25.2 Å². The molecule has 30 heavy (non-hydrogen) atoms. The van der Waals surface area contributed by atoms with E-state index in [1.54, 1.807) is 19.1 Å². The van der Waals surface area contributed by atoms with Crippen molar-refractivity contribution in [2.45, 2.75) is 30.7 Å². The number of nitrogens with one attached hydrogen (secondary N) is 2. The third kappa shape index (κ3) is 3.59. The van der Waals surface area contributed by atoms with Crippen LogP contribution in [0.2, 0.25) is 0 Å². The van der Waals surface area contributed by atoms with Gasteiger partial charge in [0.15, 0.2) is 5.54 Å². The number of urea groups is 1. The number of imide groups is 1. The van der Waals surface area contributed by atoms with Gasteiger partial charge in [-0.1, -0.05) is 30.3 Å². The zero-order valence-electron chi connectivity index (χ0n) is 16.8. The van der Waals surface area contributed by atoms with Crippen molar-refractivity contribution >= 4 is 17.8 Å². The molecule has 1 aromatic heterocycles. The Morgan fingerprint density at radius 3 is 2.53 bits per heavy atom. The largest absolute Gasteiger partial charge is 0.466 e. The molecule has 4 amide bonds. The summed E-state index contributed by atoms with van der Waals surface area (Å²) in [6.07, 6.45) is 3.01. The molecule has 1 unspecified atom stereocenters. The van der Waals surface area contributed by atoms with Crippen LogP contribution in [-0.2, 0) is 25.3 Å². The molecular weight excluding hydrogens is 386 g/mol. The fourth-order valence-electron chi connectivity index (χ4n) is 4.16. The first-order chi connectivity index (χ1) is 14.4. The van der Waals surface area contributed by atoms with Crippen LogP contribution in [0, 0.1) is 0 Å². The number of rotatable bonds is 6. The molecule has 0 radical (unpaired) electrons. The average Bonchev–Trinajstić information content (AvgIpc) is 3.38. The van der Waals surface area contributed by atoms with Crippen LogP contribution < -0.4 is 10.6 Å². The molecule has 1 atom stereocenters.